The summed E-state index contributed by atoms with van der Waals surface area (Å²) in [6.45, 7) is 1.06. The van der Waals surface area contributed by atoms with Gasteiger partial charge in [0.05, 0.1) is 6.04 Å². The van der Waals surface area contributed by atoms with Gasteiger partial charge >= 0.3 is 0 Å². The fourth-order valence-corrected chi connectivity index (χ4v) is 5.84. The maximum atomic E-state index is 13.7. The number of ether oxygens (including phenoxy) is 1. The van der Waals surface area contributed by atoms with Crippen LogP contribution in [0, 0.1) is 17.6 Å². The molecule has 2 amide bonds. The average molecular weight is 418 g/mol. The molecule has 0 N–H and O–H groups in total. The van der Waals surface area contributed by atoms with E-state index in [9.17, 15) is 18.4 Å². The molecule has 5 rings (SSSR count). The summed E-state index contributed by atoms with van der Waals surface area (Å²) in [5.74, 6) is -1.01. The van der Waals surface area contributed by atoms with E-state index < -0.39 is 17.2 Å². The van der Waals surface area contributed by atoms with E-state index in [1.165, 1.54) is 18.6 Å². The summed E-state index contributed by atoms with van der Waals surface area (Å²) in [7, 11) is 0. The van der Waals surface area contributed by atoms with Gasteiger partial charge in [-0.15, -0.1) is 0 Å². The van der Waals surface area contributed by atoms with Crippen LogP contribution in [0.3, 0.4) is 0 Å². The molecule has 1 saturated carbocycles. The van der Waals surface area contributed by atoms with Crippen molar-refractivity contribution in [2.45, 2.75) is 75.7 Å². The van der Waals surface area contributed by atoms with Crippen LogP contribution in [-0.4, -0.2) is 46.5 Å². The highest BCUT2D eigenvalue weighted by atomic mass is 19.1. The third-order valence-electron chi connectivity index (χ3n) is 7.43. The van der Waals surface area contributed by atoms with Crippen molar-refractivity contribution in [1.82, 2.24) is 9.80 Å². The first-order valence-electron chi connectivity index (χ1n) is 11.2. The molecule has 1 spiro atoms. The molecule has 0 aromatic heterocycles. The summed E-state index contributed by atoms with van der Waals surface area (Å²) in [6, 6.07) is 3.09. The summed E-state index contributed by atoms with van der Waals surface area (Å²) < 4.78 is 33.7. The SMILES string of the molecule is O=C(C1CCCCC1)N1CCC2(CC1)O[C@@H]1CC[C@@H](c3cc(F)cc(F)c3)N1C2=O. The molecular weight excluding hydrogens is 390 g/mol. The Balaban J connectivity index is 1.28. The van der Waals surface area contributed by atoms with E-state index in [1.54, 1.807) is 4.90 Å². The smallest absolute Gasteiger partial charge is 0.257 e. The molecule has 7 heteroatoms. The zero-order valence-electron chi connectivity index (χ0n) is 17.1. The lowest BCUT2D eigenvalue weighted by Crippen LogP contribution is -2.52. The van der Waals surface area contributed by atoms with Crippen LogP contribution in [0.15, 0.2) is 18.2 Å². The first-order valence-corrected chi connectivity index (χ1v) is 11.2. The number of carbonyl (C=O) groups excluding carboxylic acids is 2. The van der Waals surface area contributed by atoms with Gasteiger partial charge in [0, 0.05) is 37.9 Å². The van der Waals surface area contributed by atoms with Gasteiger partial charge in [0.2, 0.25) is 5.91 Å². The number of rotatable bonds is 2. The summed E-state index contributed by atoms with van der Waals surface area (Å²) in [6.07, 6.45) is 7.29. The molecule has 1 aliphatic carbocycles. The highest BCUT2D eigenvalue weighted by Crippen LogP contribution is 2.48. The number of piperidine rings is 1. The average Bonchev–Trinajstić information content (AvgIpc) is 3.26. The number of carbonyl (C=O) groups is 2. The highest BCUT2D eigenvalue weighted by molar-refractivity contribution is 5.88. The van der Waals surface area contributed by atoms with Crippen LogP contribution in [0.5, 0.6) is 0 Å². The largest absolute Gasteiger partial charge is 0.342 e. The number of fused-ring (bicyclic) bond motifs is 1. The van der Waals surface area contributed by atoms with E-state index in [0.29, 0.717) is 44.3 Å². The maximum Gasteiger partial charge on any atom is 0.257 e. The number of hydrogen-bond donors (Lipinski definition) is 0. The van der Waals surface area contributed by atoms with Gasteiger partial charge in [-0.25, -0.2) is 8.78 Å². The van der Waals surface area contributed by atoms with Crippen molar-refractivity contribution in [3.05, 3.63) is 35.4 Å². The van der Waals surface area contributed by atoms with Crippen LogP contribution in [0.4, 0.5) is 8.78 Å². The Bertz CT molecular complexity index is 827. The molecule has 162 valence electrons. The lowest BCUT2D eigenvalue weighted by atomic mass is 9.85. The van der Waals surface area contributed by atoms with Crippen LogP contribution in [0.2, 0.25) is 0 Å². The topological polar surface area (TPSA) is 49.9 Å². The molecule has 1 aromatic carbocycles. The zero-order valence-corrected chi connectivity index (χ0v) is 17.1. The Kier molecular flexibility index (Phi) is 5.04. The van der Waals surface area contributed by atoms with Crippen molar-refractivity contribution < 1.29 is 23.1 Å². The van der Waals surface area contributed by atoms with E-state index in [4.69, 9.17) is 4.74 Å². The Hall–Kier alpha value is -2.02. The molecule has 2 atom stereocenters. The first kappa shape index (κ1) is 19.9. The van der Waals surface area contributed by atoms with Gasteiger partial charge in [-0.3, -0.25) is 9.59 Å². The molecule has 30 heavy (non-hydrogen) atoms. The second-order valence-corrected chi connectivity index (χ2v) is 9.24. The molecule has 0 bridgehead atoms. The van der Waals surface area contributed by atoms with Gasteiger partial charge in [-0.05, 0) is 43.4 Å². The van der Waals surface area contributed by atoms with Crippen molar-refractivity contribution in [3.63, 3.8) is 0 Å². The van der Waals surface area contributed by atoms with E-state index >= 15 is 0 Å². The van der Waals surface area contributed by atoms with Crippen LogP contribution in [0.1, 0.15) is 69.4 Å². The van der Waals surface area contributed by atoms with Gasteiger partial charge in [-0.2, -0.15) is 0 Å². The zero-order chi connectivity index (χ0) is 20.9. The van der Waals surface area contributed by atoms with E-state index in [0.717, 1.165) is 31.7 Å². The highest BCUT2D eigenvalue weighted by Gasteiger charge is 2.58. The predicted octanol–water partition coefficient (Wildman–Crippen LogP) is 3.93. The number of amides is 2. The number of likely N-dealkylation sites (tertiary alicyclic amines) is 1. The Morgan fingerprint density at radius 2 is 1.63 bits per heavy atom. The van der Waals surface area contributed by atoms with Crippen molar-refractivity contribution in [2.24, 2.45) is 5.92 Å². The minimum absolute atomic E-state index is 0.0931. The van der Waals surface area contributed by atoms with Crippen molar-refractivity contribution >= 4 is 11.8 Å². The molecule has 3 saturated heterocycles. The summed E-state index contributed by atoms with van der Waals surface area (Å²) in [5.41, 5.74) is -0.424. The lowest BCUT2D eigenvalue weighted by Gasteiger charge is -2.39. The summed E-state index contributed by atoms with van der Waals surface area (Å²) in [5, 5.41) is 0. The molecule has 1 aromatic rings. The molecule has 4 fully saturated rings. The summed E-state index contributed by atoms with van der Waals surface area (Å²) in [4.78, 5) is 29.9. The van der Waals surface area contributed by atoms with Gasteiger partial charge in [0.1, 0.15) is 17.9 Å². The van der Waals surface area contributed by atoms with E-state index in [1.807, 2.05) is 4.90 Å². The van der Waals surface area contributed by atoms with Gasteiger partial charge < -0.3 is 14.5 Å². The Labute approximate surface area is 175 Å². The first-order chi connectivity index (χ1) is 14.5. The fraction of sp³-hybridized carbons (Fsp3) is 0.652. The van der Waals surface area contributed by atoms with Crippen molar-refractivity contribution in [1.29, 1.82) is 0 Å². The third kappa shape index (κ3) is 3.31. The second-order valence-electron chi connectivity index (χ2n) is 9.24. The van der Waals surface area contributed by atoms with Gasteiger partial charge in [0.25, 0.3) is 5.91 Å². The van der Waals surface area contributed by atoms with Crippen LogP contribution < -0.4 is 0 Å². The van der Waals surface area contributed by atoms with E-state index in [-0.39, 0.29) is 30.0 Å². The van der Waals surface area contributed by atoms with E-state index in [2.05, 4.69) is 0 Å². The van der Waals surface area contributed by atoms with Crippen LogP contribution >= 0.6 is 0 Å². The Morgan fingerprint density at radius 1 is 0.967 bits per heavy atom. The normalized spacial score (nSPS) is 28.9. The number of nitrogens with zero attached hydrogens (tertiary/aromatic N) is 2. The van der Waals surface area contributed by atoms with Crippen LogP contribution in [-0.2, 0) is 14.3 Å². The number of halogens is 2. The van der Waals surface area contributed by atoms with Crippen molar-refractivity contribution in [2.75, 3.05) is 13.1 Å². The molecule has 0 radical (unpaired) electrons. The minimum atomic E-state index is -0.904. The summed E-state index contributed by atoms with van der Waals surface area (Å²) >= 11 is 0. The molecule has 5 nitrogen and oxygen atoms in total. The van der Waals surface area contributed by atoms with Crippen LogP contribution in [0.25, 0.3) is 0 Å². The molecule has 3 aliphatic heterocycles. The molecule has 0 unspecified atom stereocenters. The maximum absolute atomic E-state index is 13.7. The standard InChI is InChI=1S/C23H28F2N2O3/c24-17-12-16(13-18(25)14-17)19-6-7-20-27(19)22(29)23(30-20)8-10-26(11-9-23)21(28)15-4-2-1-3-5-15/h12-15,19-20H,1-11H2/t19-,20+/m0/s1. The van der Waals surface area contributed by atoms with Gasteiger partial charge in [-0.1, -0.05) is 19.3 Å². The predicted molar refractivity (Wildman–Crippen MR) is 105 cm³/mol. The quantitative estimate of drug-likeness (QED) is 0.731. The lowest BCUT2D eigenvalue weighted by molar-refractivity contribution is -0.150. The molecule has 3 heterocycles. The monoisotopic (exact) mass is 418 g/mol. The van der Waals surface area contributed by atoms with Gasteiger partial charge in [0.15, 0.2) is 5.60 Å². The van der Waals surface area contributed by atoms with Crippen molar-refractivity contribution in [3.8, 4) is 0 Å². The molecular formula is C23H28F2N2O3. The minimum Gasteiger partial charge on any atom is -0.342 e. The number of benzene rings is 1. The number of hydrogen-bond acceptors (Lipinski definition) is 3. The fourth-order valence-electron chi connectivity index (χ4n) is 5.84. The third-order valence-corrected chi connectivity index (χ3v) is 7.43. The molecule has 4 aliphatic rings. The Morgan fingerprint density at radius 3 is 2.30 bits per heavy atom. The second kappa shape index (κ2) is 7.59.